The van der Waals surface area contributed by atoms with Crippen molar-refractivity contribution in [3.63, 3.8) is 0 Å². The molecule has 3 aliphatic rings. The summed E-state index contributed by atoms with van der Waals surface area (Å²) in [6, 6.07) is 6.22. The summed E-state index contributed by atoms with van der Waals surface area (Å²) in [5, 5.41) is 13.8. The van der Waals surface area contributed by atoms with Gasteiger partial charge in [0.2, 0.25) is 0 Å². The van der Waals surface area contributed by atoms with E-state index < -0.39 is 0 Å². The van der Waals surface area contributed by atoms with Crippen molar-refractivity contribution in [3.8, 4) is 11.5 Å². The van der Waals surface area contributed by atoms with E-state index in [4.69, 9.17) is 14.2 Å². The first-order valence-corrected chi connectivity index (χ1v) is 13.3. The van der Waals surface area contributed by atoms with Crippen LogP contribution in [0.25, 0.3) is 10.9 Å². The number of hydrogen-bond donors (Lipinski definition) is 1. The van der Waals surface area contributed by atoms with Gasteiger partial charge in [0.25, 0.3) is 5.56 Å². The van der Waals surface area contributed by atoms with E-state index in [2.05, 4.69) is 32.3 Å². The topological polar surface area (TPSA) is 107 Å². The van der Waals surface area contributed by atoms with Crippen LogP contribution in [0.1, 0.15) is 69.3 Å². The normalized spacial score (nSPS) is 21.0. The molecule has 192 valence electrons. The Labute approximate surface area is 209 Å². The molecule has 1 N–H and O–H groups in total. The van der Waals surface area contributed by atoms with Gasteiger partial charge in [-0.15, -0.1) is 5.10 Å². The minimum absolute atomic E-state index is 0.0138. The van der Waals surface area contributed by atoms with Gasteiger partial charge >= 0.3 is 0 Å². The molecule has 4 heterocycles. The lowest BCUT2D eigenvalue weighted by molar-refractivity contribution is 0.0839. The van der Waals surface area contributed by atoms with Crippen LogP contribution in [0.2, 0.25) is 0 Å². The van der Waals surface area contributed by atoms with E-state index in [9.17, 15) is 4.79 Å². The fourth-order valence-electron chi connectivity index (χ4n) is 5.96. The second-order valence-corrected chi connectivity index (χ2v) is 10.1. The summed E-state index contributed by atoms with van der Waals surface area (Å²) in [6.07, 6.45) is 7.78. The van der Waals surface area contributed by atoms with Gasteiger partial charge in [-0.05, 0) is 54.7 Å². The highest BCUT2D eigenvalue weighted by molar-refractivity contribution is 5.83. The van der Waals surface area contributed by atoms with Crippen molar-refractivity contribution in [1.29, 1.82) is 0 Å². The van der Waals surface area contributed by atoms with Crippen LogP contribution in [0.5, 0.6) is 11.5 Å². The first-order chi connectivity index (χ1) is 17.7. The van der Waals surface area contributed by atoms with Crippen LogP contribution < -0.4 is 15.0 Å². The fraction of sp³-hybridized carbons (Fsp3) is 0.615. The highest BCUT2D eigenvalue weighted by atomic mass is 16.6. The number of tetrazole rings is 1. The summed E-state index contributed by atoms with van der Waals surface area (Å²) in [5.74, 6) is 2.25. The fourth-order valence-corrected chi connectivity index (χ4v) is 5.96. The van der Waals surface area contributed by atoms with Crippen LogP contribution in [-0.4, -0.2) is 62.1 Å². The lowest BCUT2D eigenvalue weighted by atomic mass is 10.0. The number of H-pyrrole nitrogens is 1. The SMILES string of the molecule is CC[C@H](c1nnnn1C[C@@H]1CCCO1)N(Cc1cc2cc3c(cc2[nH]c1=O)OCCO3)C1CCCC1. The van der Waals surface area contributed by atoms with Gasteiger partial charge in [0, 0.05) is 36.2 Å². The Balaban J connectivity index is 1.33. The number of hydrogen-bond acceptors (Lipinski definition) is 8. The Hall–Kier alpha value is -2.98. The molecule has 0 amide bonds. The number of nitrogens with one attached hydrogen (secondary N) is 1. The molecule has 1 aliphatic carbocycles. The van der Waals surface area contributed by atoms with E-state index in [0.29, 0.717) is 38.1 Å². The minimum atomic E-state index is -0.0732. The molecule has 10 nitrogen and oxygen atoms in total. The smallest absolute Gasteiger partial charge is 0.252 e. The van der Waals surface area contributed by atoms with Crippen LogP contribution in [0.3, 0.4) is 0 Å². The number of aromatic amines is 1. The van der Waals surface area contributed by atoms with E-state index in [0.717, 1.165) is 66.8 Å². The van der Waals surface area contributed by atoms with E-state index in [-0.39, 0.29) is 17.7 Å². The molecule has 1 saturated heterocycles. The Bertz CT molecular complexity index is 1260. The van der Waals surface area contributed by atoms with E-state index in [1.807, 2.05) is 22.9 Å². The van der Waals surface area contributed by atoms with Crippen molar-refractivity contribution in [3.05, 3.63) is 39.9 Å². The van der Waals surface area contributed by atoms with Gasteiger partial charge in [-0.3, -0.25) is 9.69 Å². The molecular formula is C26H34N6O4. The van der Waals surface area contributed by atoms with E-state index in [1.165, 1.54) is 12.8 Å². The van der Waals surface area contributed by atoms with Gasteiger partial charge in [-0.25, -0.2) is 4.68 Å². The highest BCUT2D eigenvalue weighted by Crippen LogP contribution is 2.36. The number of rotatable bonds is 8. The summed E-state index contributed by atoms with van der Waals surface area (Å²) in [7, 11) is 0. The molecule has 10 heteroatoms. The van der Waals surface area contributed by atoms with Crippen molar-refractivity contribution in [2.45, 2.75) is 83.1 Å². The van der Waals surface area contributed by atoms with Crippen molar-refractivity contribution in [2.24, 2.45) is 0 Å². The predicted octanol–water partition coefficient (Wildman–Crippen LogP) is 3.36. The molecule has 2 atom stereocenters. The zero-order valence-corrected chi connectivity index (χ0v) is 20.8. The number of ether oxygens (including phenoxy) is 3. The maximum atomic E-state index is 13.2. The van der Waals surface area contributed by atoms with Crippen LogP contribution in [0.4, 0.5) is 0 Å². The highest BCUT2D eigenvalue weighted by Gasteiger charge is 2.33. The molecule has 2 aliphatic heterocycles. The van der Waals surface area contributed by atoms with Crippen molar-refractivity contribution in [1.82, 2.24) is 30.1 Å². The Morgan fingerprint density at radius 3 is 2.64 bits per heavy atom. The van der Waals surface area contributed by atoms with Gasteiger partial charge < -0.3 is 19.2 Å². The first kappa shape index (κ1) is 23.4. The van der Waals surface area contributed by atoms with Crippen LogP contribution >= 0.6 is 0 Å². The van der Waals surface area contributed by atoms with E-state index >= 15 is 0 Å². The molecule has 1 saturated carbocycles. The molecule has 36 heavy (non-hydrogen) atoms. The number of nitrogens with zero attached hydrogens (tertiary/aromatic N) is 5. The third kappa shape index (κ3) is 4.59. The summed E-state index contributed by atoms with van der Waals surface area (Å²) >= 11 is 0. The Kier molecular flexibility index (Phi) is 6.62. The third-order valence-corrected chi connectivity index (χ3v) is 7.78. The standard InChI is InChI=1S/C26H34N6O4/c1-2-22(25-28-29-30-32(25)16-20-8-5-9-34-20)31(19-6-3-4-7-19)15-18-12-17-13-23-24(36-11-10-35-23)14-21(17)27-26(18)33/h12-14,19-20,22H,2-11,15-16H2,1H3,(H,27,33)/t20-,22+/m0/s1. The number of pyridine rings is 1. The molecule has 6 rings (SSSR count). The zero-order chi connectivity index (χ0) is 24.5. The molecule has 0 spiro atoms. The third-order valence-electron chi connectivity index (χ3n) is 7.78. The number of aromatic nitrogens is 5. The Morgan fingerprint density at radius 2 is 1.89 bits per heavy atom. The number of fused-ring (bicyclic) bond motifs is 2. The van der Waals surface area contributed by atoms with Gasteiger partial charge in [-0.2, -0.15) is 0 Å². The Morgan fingerprint density at radius 1 is 1.08 bits per heavy atom. The second-order valence-electron chi connectivity index (χ2n) is 10.1. The summed E-state index contributed by atoms with van der Waals surface area (Å²) in [4.78, 5) is 18.8. The quantitative estimate of drug-likeness (QED) is 0.508. The molecule has 0 unspecified atom stereocenters. The summed E-state index contributed by atoms with van der Waals surface area (Å²) < 4.78 is 19.2. The van der Waals surface area contributed by atoms with Gasteiger partial charge in [0.1, 0.15) is 13.2 Å². The molecule has 3 aromatic rings. The van der Waals surface area contributed by atoms with Gasteiger partial charge in [0.15, 0.2) is 17.3 Å². The molecular weight excluding hydrogens is 460 g/mol. The average Bonchev–Trinajstić information content (AvgIpc) is 3.67. The van der Waals surface area contributed by atoms with Gasteiger partial charge in [0.05, 0.1) is 24.2 Å². The average molecular weight is 495 g/mol. The lowest BCUT2D eigenvalue weighted by Crippen LogP contribution is -2.39. The monoisotopic (exact) mass is 494 g/mol. The molecule has 0 radical (unpaired) electrons. The van der Waals surface area contributed by atoms with Crippen molar-refractivity contribution < 1.29 is 14.2 Å². The predicted molar refractivity (Wildman–Crippen MR) is 133 cm³/mol. The van der Waals surface area contributed by atoms with Crippen molar-refractivity contribution in [2.75, 3.05) is 19.8 Å². The number of benzene rings is 1. The zero-order valence-electron chi connectivity index (χ0n) is 20.8. The van der Waals surface area contributed by atoms with Crippen molar-refractivity contribution >= 4 is 10.9 Å². The van der Waals surface area contributed by atoms with Crippen LogP contribution in [0.15, 0.2) is 23.0 Å². The largest absolute Gasteiger partial charge is 0.486 e. The summed E-state index contributed by atoms with van der Waals surface area (Å²) in [6.45, 7) is 5.23. The van der Waals surface area contributed by atoms with Gasteiger partial charge in [-0.1, -0.05) is 19.8 Å². The molecule has 2 fully saturated rings. The maximum absolute atomic E-state index is 13.2. The summed E-state index contributed by atoms with van der Waals surface area (Å²) in [5.41, 5.74) is 1.42. The van der Waals surface area contributed by atoms with Crippen LogP contribution in [0, 0.1) is 0 Å². The minimum Gasteiger partial charge on any atom is -0.486 e. The maximum Gasteiger partial charge on any atom is 0.252 e. The van der Waals surface area contributed by atoms with E-state index in [1.54, 1.807) is 0 Å². The molecule has 0 bridgehead atoms. The second kappa shape index (κ2) is 10.2. The molecule has 2 aromatic heterocycles. The van der Waals surface area contributed by atoms with Crippen LogP contribution in [-0.2, 0) is 17.8 Å². The molecule has 1 aromatic carbocycles. The first-order valence-electron chi connectivity index (χ1n) is 13.3. The lowest BCUT2D eigenvalue weighted by Gasteiger charge is -2.35.